The van der Waals surface area contributed by atoms with Crippen molar-refractivity contribution in [3.05, 3.63) is 70.3 Å². The van der Waals surface area contributed by atoms with Crippen LogP contribution in [-0.4, -0.2) is 22.5 Å². The first-order chi connectivity index (χ1) is 12.5. The first-order valence-corrected chi connectivity index (χ1v) is 8.16. The molecule has 0 aliphatic carbocycles. The Balaban J connectivity index is 1.93. The third kappa shape index (κ3) is 5.67. The Morgan fingerprint density at radius 1 is 1.23 bits per heavy atom. The molecule has 0 unspecified atom stereocenters. The van der Waals surface area contributed by atoms with E-state index in [1.165, 1.54) is 24.3 Å². The molecular weight excluding hydrogens is 354 g/mol. The van der Waals surface area contributed by atoms with Gasteiger partial charge in [-0.1, -0.05) is 12.1 Å². The molecule has 0 aliphatic rings. The minimum atomic E-state index is -0.482. The average molecular weight is 371 g/mol. The van der Waals surface area contributed by atoms with Crippen molar-refractivity contribution in [1.82, 2.24) is 5.32 Å². The Morgan fingerprint density at radius 2 is 1.92 bits per heavy atom. The van der Waals surface area contributed by atoms with Gasteiger partial charge in [0.25, 0.3) is 5.69 Å². The lowest BCUT2D eigenvalue weighted by atomic mass is 10.2. The Kier molecular flexibility index (Phi) is 6.81. The molecule has 2 rings (SSSR count). The van der Waals surface area contributed by atoms with Gasteiger partial charge in [0.15, 0.2) is 5.11 Å². The minimum Gasteiger partial charge on any atom is -0.492 e. The fourth-order valence-electron chi connectivity index (χ4n) is 2.04. The van der Waals surface area contributed by atoms with Crippen molar-refractivity contribution in [2.45, 2.75) is 6.92 Å². The number of nitrogens with zero attached hydrogens (tertiary/aromatic N) is 1. The number of nitro groups is 1. The van der Waals surface area contributed by atoms with Gasteiger partial charge in [0, 0.05) is 18.2 Å². The summed E-state index contributed by atoms with van der Waals surface area (Å²) < 4.78 is 5.48. The van der Waals surface area contributed by atoms with Gasteiger partial charge >= 0.3 is 0 Å². The summed E-state index contributed by atoms with van der Waals surface area (Å²) in [4.78, 5) is 22.1. The highest BCUT2D eigenvalue weighted by atomic mass is 32.1. The fraction of sp³-hybridized carbons (Fsp3) is 0.111. The molecule has 2 aromatic rings. The van der Waals surface area contributed by atoms with Crippen molar-refractivity contribution in [2.24, 2.45) is 0 Å². The molecule has 0 heterocycles. The molecule has 7 nitrogen and oxygen atoms in total. The van der Waals surface area contributed by atoms with Crippen LogP contribution in [0.1, 0.15) is 12.5 Å². The molecule has 0 atom stereocenters. The van der Waals surface area contributed by atoms with Gasteiger partial charge in [0.2, 0.25) is 5.91 Å². The largest absolute Gasteiger partial charge is 0.492 e. The molecule has 0 saturated heterocycles. The maximum atomic E-state index is 11.9. The maximum absolute atomic E-state index is 11.9. The molecule has 134 valence electrons. The van der Waals surface area contributed by atoms with Gasteiger partial charge in [-0.25, -0.2) is 0 Å². The third-order valence-electron chi connectivity index (χ3n) is 3.20. The summed E-state index contributed by atoms with van der Waals surface area (Å²) in [6.07, 6.45) is 2.83. The van der Waals surface area contributed by atoms with E-state index in [1.807, 2.05) is 19.1 Å². The summed E-state index contributed by atoms with van der Waals surface area (Å²) in [6.45, 7) is 2.38. The number of amides is 1. The van der Waals surface area contributed by atoms with E-state index in [0.29, 0.717) is 23.6 Å². The zero-order chi connectivity index (χ0) is 18.9. The van der Waals surface area contributed by atoms with Crippen LogP contribution < -0.4 is 15.4 Å². The number of carbonyl (C=O) groups is 1. The van der Waals surface area contributed by atoms with E-state index < -0.39 is 10.8 Å². The van der Waals surface area contributed by atoms with Crippen LogP contribution in [0.3, 0.4) is 0 Å². The number of nitrogens with one attached hydrogen (secondary N) is 2. The molecule has 2 N–H and O–H groups in total. The van der Waals surface area contributed by atoms with Gasteiger partial charge in [-0.15, -0.1) is 0 Å². The van der Waals surface area contributed by atoms with Gasteiger partial charge in [-0.05, 0) is 55.0 Å². The summed E-state index contributed by atoms with van der Waals surface area (Å²) in [5.74, 6) is 0.211. The topological polar surface area (TPSA) is 93.5 Å². The quantitative estimate of drug-likeness (QED) is 0.349. The molecule has 1 amide bonds. The zero-order valence-corrected chi connectivity index (χ0v) is 14.8. The van der Waals surface area contributed by atoms with Crippen LogP contribution in [0, 0.1) is 10.1 Å². The molecular formula is C18H17N3O4S. The van der Waals surface area contributed by atoms with Crippen molar-refractivity contribution in [2.75, 3.05) is 11.9 Å². The van der Waals surface area contributed by atoms with Crippen molar-refractivity contribution in [1.29, 1.82) is 0 Å². The van der Waals surface area contributed by atoms with Crippen molar-refractivity contribution >= 4 is 40.7 Å². The van der Waals surface area contributed by atoms with Crippen LogP contribution in [-0.2, 0) is 4.79 Å². The van der Waals surface area contributed by atoms with E-state index in [2.05, 4.69) is 10.6 Å². The molecule has 26 heavy (non-hydrogen) atoms. The van der Waals surface area contributed by atoms with Gasteiger partial charge in [-0.3, -0.25) is 20.2 Å². The maximum Gasteiger partial charge on any atom is 0.269 e. The lowest BCUT2D eigenvalue weighted by Gasteiger charge is -2.12. The Labute approximate surface area is 155 Å². The number of para-hydroxylation sites is 2. The number of non-ortho nitro benzene ring substituents is 1. The second-order valence-electron chi connectivity index (χ2n) is 5.05. The summed E-state index contributed by atoms with van der Waals surface area (Å²) in [7, 11) is 0. The minimum absolute atomic E-state index is 0.00931. The first-order valence-electron chi connectivity index (χ1n) is 7.76. The highest BCUT2D eigenvalue weighted by Gasteiger charge is 2.06. The van der Waals surface area contributed by atoms with Crippen molar-refractivity contribution in [3.63, 3.8) is 0 Å². The number of thiocarbonyl (C=S) groups is 1. The number of benzene rings is 2. The normalized spacial score (nSPS) is 10.3. The SMILES string of the molecule is CCOc1ccccc1NC(=S)NC(=O)/C=C/c1ccc([N+](=O)[O-])cc1. The molecule has 2 aromatic carbocycles. The smallest absolute Gasteiger partial charge is 0.269 e. The number of hydrogen-bond acceptors (Lipinski definition) is 5. The van der Waals surface area contributed by atoms with E-state index in [1.54, 1.807) is 24.3 Å². The predicted octanol–water partition coefficient (Wildman–Crippen LogP) is 3.52. The highest BCUT2D eigenvalue weighted by Crippen LogP contribution is 2.23. The van der Waals surface area contributed by atoms with Crippen LogP contribution in [0.25, 0.3) is 6.08 Å². The molecule has 0 bridgehead atoms. The van der Waals surface area contributed by atoms with E-state index in [0.717, 1.165) is 0 Å². The van der Waals surface area contributed by atoms with Crippen LogP contribution in [0.5, 0.6) is 5.75 Å². The third-order valence-corrected chi connectivity index (χ3v) is 3.41. The number of nitro benzene ring substituents is 1. The highest BCUT2D eigenvalue weighted by molar-refractivity contribution is 7.80. The van der Waals surface area contributed by atoms with Gasteiger partial charge < -0.3 is 10.1 Å². The van der Waals surface area contributed by atoms with E-state index in [-0.39, 0.29) is 10.8 Å². The predicted molar refractivity (Wildman–Crippen MR) is 104 cm³/mol. The molecule has 0 saturated carbocycles. The standard InChI is InChI=1S/C18H17N3O4S/c1-2-25-16-6-4-3-5-15(16)19-18(26)20-17(22)12-9-13-7-10-14(11-8-13)21(23)24/h3-12H,2H2,1H3,(H2,19,20,22,26)/b12-9+. The average Bonchev–Trinajstić information content (AvgIpc) is 2.62. The second-order valence-corrected chi connectivity index (χ2v) is 5.46. The summed E-state index contributed by atoms with van der Waals surface area (Å²) in [6, 6.07) is 13.1. The van der Waals surface area contributed by atoms with Crippen LogP contribution in [0.15, 0.2) is 54.6 Å². The lowest BCUT2D eigenvalue weighted by molar-refractivity contribution is -0.384. The van der Waals surface area contributed by atoms with E-state index >= 15 is 0 Å². The molecule has 0 aliphatic heterocycles. The van der Waals surface area contributed by atoms with Gasteiger partial charge in [0.05, 0.1) is 17.2 Å². The number of anilines is 1. The van der Waals surface area contributed by atoms with Crippen LogP contribution >= 0.6 is 12.2 Å². The molecule has 0 spiro atoms. The van der Waals surface area contributed by atoms with Crippen LogP contribution in [0.2, 0.25) is 0 Å². The molecule has 8 heteroatoms. The monoisotopic (exact) mass is 371 g/mol. The number of rotatable bonds is 6. The van der Waals surface area contributed by atoms with Gasteiger partial charge in [-0.2, -0.15) is 0 Å². The Bertz CT molecular complexity index is 835. The van der Waals surface area contributed by atoms with Gasteiger partial charge in [0.1, 0.15) is 5.75 Å². The molecule has 0 aromatic heterocycles. The first kappa shape index (κ1) is 19.1. The summed E-state index contributed by atoms with van der Waals surface area (Å²) in [5, 5.41) is 16.2. The number of carbonyl (C=O) groups excluding carboxylic acids is 1. The Morgan fingerprint density at radius 3 is 2.58 bits per heavy atom. The summed E-state index contributed by atoms with van der Waals surface area (Å²) >= 11 is 5.13. The Hall–Kier alpha value is -3.26. The fourth-order valence-corrected chi connectivity index (χ4v) is 2.25. The summed E-state index contributed by atoms with van der Waals surface area (Å²) in [5.41, 5.74) is 1.30. The number of ether oxygens (including phenoxy) is 1. The van der Waals surface area contributed by atoms with Crippen LogP contribution in [0.4, 0.5) is 11.4 Å². The lowest BCUT2D eigenvalue weighted by Crippen LogP contribution is -2.32. The molecule has 0 radical (unpaired) electrons. The number of hydrogen-bond donors (Lipinski definition) is 2. The molecule has 0 fully saturated rings. The van der Waals surface area contributed by atoms with E-state index in [9.17, 15) is 14.9 Å². The zero-order valence-electron chi connectivity index (χ0n) is 14.0. The second kappa shape index (κ2) is 9.28. The van der Waals surface area contributed by atoms with E-state index in [4.69, 9.17) is 17.0 Å². The van der Waals surface area contributed by atoms with Crippen molar-refractivity contribution in [3.8, 4) is 5.75 Å². The van der Waals surface area contributed by atoms with Crippen molar-refractivity contribution < 1.29 is 14.5 Å².